The number of aliphatic carboxylic acids is 2. The molecule has 0 saturated heterocycles. The molecule has 30 heavy (non-hydrogen) atoms. The number of hydrogen-bond donors (Lipinski definition) is 2. The smallest absolute Gasteiger partial charge is 0.416 e. The Bertz CT molecular complexity index is 944. The Balaban J connectivity index is 2.63. The van der Waals surface area contributed by atoms with Gasteiger partial charge in [-0.05, 0) is 36.2 Å². The molecule has 0 aromatic heterocycles. The van der Waals surface area contributed by atoms with Gasteiger partial charge in [0.15, 0.2) is 5.92 Å². The van der Waals surface area contributed by atoms with Gasteiger partial charge in [-0.25, -0.2) is 0 Å². The van der Waals surface area contributed by atoms with E-state index in [4.69, 9.17) is 4.74 Å². The lowest BCUT2D eigenvalue weighted by atomic mass is 9.81. The standard InChI is InChI=1S/C19H16F3NO7/c1-30-13-5-2-10(3-6-13)14(16(17(24)25)18(26)27)9-11-8-12(19(20,21)22)4-7-15(11)23(28)29/h2-8,14,16H,9H2,1H3,(H,24,25)(H,26,27). The van der Waals surface area contributed by atoms with Crippen LogP contribution in [0.15, 0.2) is 42.5 Å². The highest BCUT2D eigenvalue weighted by molar-refractivity contribution is 5.94. The summed E-state index contributed by atoms with van der Waals surface area (Å²) in [5.74, 6) is -6.50. The number of methoxy groups -OCH3 is 1. The molecule has 2 aromatic rings. The van der Waals surface area contributed by atoms with Gasteiger partial charge in [0.25, 0.3) is 5.69 Å². The fourth-order valence-electron chi connectivity index (χ4n) is 3.07. The second-order valence-electron chi connectivity index (χ2n) is 6.34. The predicted molar refractivity (Wildman–Crippen MR) is 96.3 cm³/mol. The number of carboxylic acids is 2. The molecule has 0 saturated carbocycles. The molecule has 2 N–H and O–H groups in total. The summed E-state index contributed by atoms with van der Waals surface area (Å²) in [6.07, 6.45) is -5.41. The quantitative estimate of drug-likeness (QED) is 0.373. The molecule has 160 valence electrons. The first kappa shape index (κ1) is 22.7. The van der Waals surface area contributed by atoms with Crippen LogP contribution in [0.1, 0.15) is 22.6 Å². The lowest BCUT2D eigenvalue weighted by molar-refractivity contribution is -0.385. The number of nitro groups is 1. The number of rotatable bonds is 8. The van der Waals surface area contributed by atoms with Crippen LogP contribution in [-0.4, -0.2) is 34.2 Å². The summed E-state index contributed by atoms with van der Waals surface area (Å²) >= 11 is 0. The van der Waals surface area contributed by atoms with Gasteiger partial charge in [0.1, 0.15) is 5.75 Å². The van der Waals surface area contributed by atoms with Crippen molar-refractivity contribution in [3.05, 3.63) is 69.3 Å². The van der Waals surface area contributed by atoms with E-state index < -0.39 is 58.1 Å². The summed E-state index contributed by atoms with van der Waals surface area (Å²) in [6, 6.07) is 7.31. The molecule has 0 amide bonds. The van der Waals surface area contributed by atoms with Crippen LogP contribution in [0.2, 0.25) is 0 Å². The molecule has 1 atom stereocenters. The molecular weight excluding hydrogens is 411 g/mol. The molecule has 0 aliphatic carbocycles. The Morgan fingerprint density at radius 1 is 1.10 bits per heavy atom. The fourth-order valence-corrected chi connectivity index (χ4v) is 3.07. The number of halogens is 3. The molecule has 11 heteroatoms. The summed E-state index contributed by atoms with van der Waals surface area (Å²) in [7, 11) is 1.37. The van der Waals surface area contributed by atoms with Crippen molar-refractivity contribution >= 4 is 17.6 Å². The number of benzene rings is 2. The Morgan fingerprint density at radius 3 is 2.10 bits per heavy atom. The highest BCUT2D eigenvalue weighted by Crippen LogP contribution is 2.37. The Kier molecular flexibility index (Phi) is 6.65. The SMILES string of the molecule is COc1ccc(C(Cc2cc(C(F)(F)F)ccc2[N+](=O)[O-])C(C(=O)O)C(=O)O)cc1. The van der Waals surface area contributed by atoms with E-state index in [1.54, 1.807) is 0 Å². The molecule has 0 radical (unpaired) electrons. The number of carbonyl (C=O) groups is 2. The van der Waals surface area contributed by atoms with Crippen molar-refractivity contribution in [2.75, 3.05) is 7.11 Å². The van der Waals surface area contributed by atoms with Crippen LogP contribution in [0, 0.1) is 16.0 Å². The van der Waals surface area contributed by atoms with Crippen LogP contribution in [0.25, 0.3) is 0 Å². The van der Waals surface area contributed by atoms with Crippen LogP contribution in [0.3, 0.4) is 0 Å². The summed E-state index contributed by atoms with van der Waals surface area (Å²) in [5.41, 5.74) is -2.10. The van der Waals surface area contributed by atoms with Crippen LogP contribution >= 0.6 is 0 Å². The number of alkyl halides is 3. The van der Waals surface area contributed by atoms with Gasteiger partial charge in [-0.3, -0.25) is 19.7 Å². The van der Waals surface area contributed by atoms with Crippen molar-refractivity contribution in [2.24, 2.45) is 5.92 Å². The first-order valence-corrected chi connectivity index (χ1v) is 8.39. The predicted octanol–water partition coefficient (Wildman–Crippen LogP) is 3.73. The first-order chi connectivity index (χ1) is 14.0. The molecule has 8 nitrogen and oxygen atoms in total. The highest BCUT2D eigenvalue weighted by atomic mass is 19.4. The highest BCUT2D eigenvalue weighted by Gasteiger charge is 2.38. The monoisotopic (exact) mass is 427 g/mol. The Labute approximate surface area is 167 Å². The van der Waals surface area contributed by atoms with Crippen molar-refractivity contribution in [1.29, 1.82) is 0 Å². The third-order valence-electron chi connectivity index (χ3n) is 4.52. The van der Waals surface area contributed by atoms with Gasteiger partial charge in [-0.2, -0.15) is 13.2 Å². The van der Waals surface area contributed by atoms with Crippen molar-refractivity contribution in [1.82, 2.24) is 0 Å². The van der Waals surface area contributed by atoms with E-state index in [0.29, 0.717) is 23.9 Å². The minimum absolute atomic E-state index is 0.164. The van der Waals surface area contributed by atoms with Gasteiger partial charge in [0, 0.05) is 17.5 Å². The molecule has 0 aliphatic heterocycles. The summed E-state index contributed by atoms with van der Waals surface area (Å²) in [5, 5.41) is 30.1. The van der Waals surface area contributed by atoms with Crippen molar-refractivity contribution in [3.63, 3.8) is 0 Å². The molecular formula is C19H16F3NO7. The maximum absolute atomic E-state index is 13.1. The number of nitro benzene ring substituents is 1. The lowest BCUT2D eigenvalue weighted by Gasteiger charge is -2.22. The number of hydrogen-bond acceptors (Lipinski definition) is 5. The van der Waals surface area contributed by atoms with Gasteiger partial charge in [0.2, 0.25) is 0 Å². The maximum Gasteiger partial charge on any atom is 0.416 e. The minimum atomic E-state index is -4.79. The number of nitrogens with zero attached hydrogens (tertiary/aromatic N) is 1. The van der Waals surface area contributed by atoms with Crippen molar-refractivity contribution < 1.29 is 42.6 Å². The third-order valence-corrected chi connectivity index (χ3v) is 4.52. The Hall–Kier alpha value is -3.63. The van der Waals surface area contributed by atoms with E-state index in [1.165, 1.54) is 31.4 Å². The lowest BCUT2D eigenvalue weighted by Crippen LogP contribution is -2.31. The Morgan fingerprint density at radius 2 is 1.67 bits per heavy atom. The summed E-state index contributed by atoms with van der Waals surface area (Å²) in [6.45, 7) is 0. The first-order valence-electron chi connectivity index (χ1n) is 8.39. The molecule has 0 spiro atoms. The zero-order chi connectivity index (χ0) is 22.6. The van der Waals surface area contributed by atoms with Gasteiger partial charge >= 0.3 is 18.1 Å². The van der Waals surface area contributed by atoms with E-state index in [2.05, 4.69) is 0 Å². The number of ether oxygens (including phenoxy) is 1. The van der Waals surface area contributed by atoms with Crippen molar-refractivity contribution in [3.8, 4) is 5.75 Å². The van der Waals surface area contributed by atoms with E-state index >= 15 is 0 Å². The van der Waals surface area contributed by atoms with E-state index in [1.807, 2.05) is 0 Å². The average Bonchev–Trinajstić information content (AvgIpc) is 2.66. The van der Waals surface area contributed by atoms with E-state index in [-0.39, 0.29) is 5.56 Å². The molecule has 0 fully saturated rings. The second kappa shape index (κ2) is 8.80. The van der Waals surface area contributed by atoms with Gasteiger partial charge in [-0.15, -0.1) is 0 Å². The van der Waals surface area contributed by atoms with E-state index in [0.717, 1.165) is 0 Å². The molecule has 2 aromatic carbocycles. The van der Waals surface area contributed by atoms with Crippen LogP contribution in [-0.2, 0) is 22.2 Å². The van der Waals surface area contributed by atoms with Gasteiger partial charge in [-0.1, -0.05) is 12.1 Å². The normalized spacial score (nSPS) is 12.4. The molecule has 1 unspecified atom stereocenters. The topological polar surface area (TPSA) is 127 Å². The minimum Gasteiger partial charge on any atom is -0.497 e. The molecule has 0 heterocycles. The number of carboxylic acid groups (broad SMARTS) is 2. The third kappa shape index (κ3) is 5.04. The molecule has 0 aliphatic rings. The van der Waals surface area contributed by atoms with E-state index in [9.17, 15) is 43.1 Å². The van der Waals surface area contributed by atoms with Gasteiger partial charge < -0.3 is 14.9 Å². The fraction of sp³-hybridized carbons (Fsp3) is 0.263. The van der Waals surface area contributed by atoms with Crippen LogP contribution in [0.4, 0.5) is 18.9 Å². The molecule has 0 bridgehead atoms. The average molecular weight is 427 g/mol. The zero-order valence-electron chi connectivity index (χ0n) is 15.4. The van der Waals surface area contributed by atoms with Crippen molar-refractivity contribution in [2.45, 2.75) is 18.5 Å². The maximum atomic E-state index is 13.1. The summed E-state index contributed by atoms with van der Waals surface area (Å²) < 4.78 is 44.2. The molecule has 2 rings (SSSR count). The largest absolute Gasteiger partial charge is 0.497 e. The van der Waals surface area contributed by atoms with Crippen LogP contribution < -0.4 is 4.74 Å². The summed E-state index contributed by atoms with van der Waals surface area (Å²) in [4.78, 5) is 33.6. The van der Waals surface area contributed by atoms with Crippen LogP contribution in [0.5, 0.6) is 5.75 Å². The van der Waals surface area contributed by atoms with Gasteiger partial charge in [0.05, 0.1) is 17.6 Å². The second-order valence-corrected chi connectivity index (χ2v) is 6.34. The zero-order valence-corrected chi connectivity index (χ0v) is 15.4.